The molecule has 2 heteroatoms. The number of hydrogen-bond acceptors (Lipinski definition) is 2. The van der Waals surface area contributed by atoms with Crippen LogP contribution in [0.25, 0.3) is 0 Å². The summed E-state index contributed by atoms with van der Waals surface area (Å²) in [5.74, 6) is 1.59. The van der Waals surface area contributed by atoms with Gasteiger partial charge in [-0.25, -0.2) is 0 Å². The largest absolute Gasteiger partial charge is 0.372 e. The lowest BCUT2D eigenvalue weighted by Crippen LogP contribution is -2.29. The Hall–Kier alpha value is -0.0800. The van der Waals surface area contributed by atoms with E-state index in [1.807, 2.05) is 0 Å². The second-order valence-electron chi connectivity index (χ2n) is 7.21. The lowest BCUT2D eigenvalue weighted by atomic mass is 9.90. The minimum absolute atomic E-state index is 0.311. The maximum Gasteiger partial charge on any atom is 0.0687 e. The summed E-state index contributed by atoms with van der Waals surface area (Å²) in [7, 11) is 0. The lowest BCUT2D eigenvalue weighted by Gasteiger charge is -2.26. The molecule has 2 aliphatic rings. The van der Waals surface area contributed by atoms with Crippen molar-refractivity contribution >= 4 is 0 Å². The summed E-state index contributed by atoms with van der Waals surface area (Å²) in [6, 6.07) is 0. The van der Waals surface area contributed by atoms with Crippen LogP contribution in [-0.4, -0.2) is 24.8 Å². The van der Waals surface area contributed by atoms with E-state index < -0.39 is 0 Å². The van der Waals surface area contributed by atoms with Gasteiger partial charge in [0, 0.05) is 0 Å². The van der Waals surface area contributed by atoms with Crippen molar-refractivity contribution in [2.24, 2.45) is 11.8 Å². The van der Waals surface area contributed by atoms with Crippen molar-refractivity contribution in [3.63, 3.8) is 0 Å². The fourth-order valence-corrected chi connectivity index (χ4v) is 4.10. The van der Waals surface area contributed by atoms with Gasteiger partial charge >= 0.3 is 0 Å². The zero-order valence-electron chi connectivity index (χ0n) is 13.2. The van der Waals surface area contributed by atoms with Crippen LogP contribution in [0.2, 0.25) is 0 Å². The summed E-state index contributed by atoms with van der Waals surface area (Å²) in [5, 5.41) is 3.53. The Labute approximate surface area is 119 Å². The number of rotatable bonds is 7. The first-order valence-electron chi connectivity index (χ1n) is 8.52. The normalized spacial score (nSPS) is 27.5. The minimum atomic E-state index is 0.311. The maximum atomic E-state index is 6.47. The Bertz CT molecular complexity index is 258. The van der Waals surface area contributed by atoms with Crippen molar-refractivity contribution in [2.75, 3.05) is 13.1 Å². The van der Waals surface area contributed by atoms with Gasteiger partial charge in [0.1, 0.15) is 0 Å². The molecular weight excluding hydrogens is 234 g/mol. The molecule has 0 radical (unpaired) electrons. The van der Waals surface area contributed by atoms with Crippen LogP contribution in [0, 0.1) is 11.8 Å². The highest BCUT2D eigenvalue weighted by molar-refractivity contribution is 4.93. The quantitative estimate of drug-likeness (QED) is 0.748. The van der Waals surface area contributed by atoms with E-state index in [-0.39, 0.29) is 0 Å². The predicted molar refractivity (Wildman–Crippen MR) is 81.4 cm³/mol. The number of hydrogen-bond donors (Lipinski definition) is 1. The molecule has 2 unspecified atom stereocenters. The van der Waals surface area contributed by atoms with Crippen molar-refractivity contribution < 1.29 is 4.74 Å². The Morgan fingerprint density at radius 2 is 1.95 bits per heavy atom. The van der Waals surface area contributed by atoms with E-state index in [0.717, 1.165) is 18.4 Å². The highest BCUT2D eigenvalue weighted by Crippen LogP contribution is 2.44. The van der Waals surface area contributed by atoms with Gasteiger partial charge in [0.05, 0.1) is 11.7 Å². The van der Waals surface area contributed by atoms with E-state index in [0.29, 0.717) is 11.7 Å². The molecule has 19 heavy (non-hydrogen) atoms. The Balaban J connectivity index is 1.80. The number of ether oxygens (including phenoxy) is 1. The molecule has 2 nitrogen and oxygen atoms in total. The molecular formula is C17H33NO. The summed E-state index contributed by atoms with van der Waals surface area (Å²) in [4.78, 5) is 0. The van der Waals surface area contributed by atoms with Crippen LogP contribution in [0.4, 0.5) is 0 Å². The van der Waals surface area contributed by atoms with Crippen LogP contribution in [0.1, 0.15) is 72.1 Å². The Morgan fingerprint density at radius 1 is 1.21 bits per heavy atom. The topological polar surface area (TPSA) is 21.3 Å². The lowest BCUT2D eigenvalue weighted by molar-refractivity contribution is -0.0449. The van der Waals surface area contributed by atoms with Gasteiger partial charge in [-0.1, -0.05) is 33.6 Å². The third kappa shape index (κ3) is 4.46. The molecule has 1 aliphatic carbocycles. The molecule has 1 heterocycles. The fraction of sp³-hybridized carbons (Fsp3) is 1.00. The summed E-state index contributed by atoms with van der Waals surface area (Å²) in [6.45, 7) is 9.14. The van der Waals surface area contributed by atoms with Gasteiger partial charge in [-0.15, -0.1) is 0 Å². The fourth-order valence-electron chi connectivity index (χ4n) is 4.10. The average molecular weight is 267 g/mol. The van der Waals surface area contributed by atoms with Crippen molar-refractivity contribution in [2.45, 2.75) is 83.8 Å². The molecule has 0 aromatic rings. The first-order valence-corrected chi connectivity index (χ1v) is 8.52. The Kier molecular flexibility index (Phi) is 5.70. The molecule has 0 aromatic carbocycles. The first kappa shape index (κ1) is 15.3. The summed E-state index contributed by atoms with van der Waals surface area (Å²) in [5.41, 5.74) is 0.311. The van der Waals surface area contributed by atoms with Crippen molar-refractivity contribution in [1.29, 1.82) is 0 Å². The van der Waals surface area contributed by atoms with Gasteiger partial charge in [-0.05, 0) is 63.5 Å². The minimum Gasteiger partial charge on any atom is -0.372 e. The third-order valence-electron chi connectivity index (χ3n) is 4.94. The maximum absolute atomic E-state index is 6.47. The zero-order chi connectivity index (χ0) is 13.7. The van der Waals surface area contributed by atoms with Crippen LogP contribution < -0.4 is 5.32 Å². The molecule has 1 spiro atoms. The van der Waals surface area contributed by atoms with Crippen molar-refractivity contribution in [1.82, 2.24) is 5.32 Å². The highest BCUT2D eigenvalue weighted by atomic mass is 16.5. The number of nitrogens with one attached hydrogen (secondary N) is 1. The van der Waals surface area contributed by atoms with Gasteiger partial charge < -0.3 is 10.1 Å². The Morgan fingerprint density at radius 3 is 2.58 bits per heavy atom. The van der Waals surface area contributed by atoms with Gasteiger partial charge in [-0.3, -0.25) is 0 Å². The molecule has 0 bridgehead atoms. The van der Waals surface area contributed by atoms with Crippen LogP contribution in [0.15, 0.2) is 0 Å². The first-order chi connectivity index (χ1) is 9.13. The molecule has 2 atom stereocenters. The van der Waals surface area contributed by atoms with E-state index in [2.05, 4.69) is 26.1 Å². The van der Waals surface area contributed by atoms with E-state index in [1.165, 1.54) is 57.9 Å². The SMILES string of the molecule is CCNCC(CC(C)C)CC1CCC2(CCCC2)O1. The van der Waals surface area contributed by atoms with Gasteiger partial charge in [-0.2, -0.15) is 0 Å². The van der Waals surface area contributed by atoms with Crippen molar-refractivity contribution in [3.8, 4) is 0 Å². The van der Waals surface area contributed by atoms with Gasteiger partial charge in [0.15, 0.2) is 0 Å². The predicted octanol–water partition coefficient (Wildman–Crippen LogP) is 4.14. The molecule has 2 fully saturated rings. The smallest absolute Gasteiger partial charge is 0.0687 e. The summed E-state index contributed by atoms with van der Waals surface area (Å²) < 4.78 is 6.47. The van der Waals surface area contributed by atoms with Crippen LogP contribution in [0.3, 0.4) is 0 Å². The highest BCUT2D eigenvalue weighted by Gasteiger charge is 2.42. The van der Waals surface area contributed by atoms with E-state index in [9.17, 15) is 0 Å². The molecule has 2 rings (SSSR count). The summed E-state index contributed by atoms with van der Waals surface area (Å²) >= 11 is 0. The van der Waals surface area contributed by atoms with Gasteiger partial charge in [0.2, 0.25) is 0 Å². The zero-order valence-corrected chi connectivity index (χ0v) is 13.2. The summed E-state index contributed by atoms with van der Waals surface area (Å²) in [6.07, 6.45) is 11.2. The van der Waals surface area contributed by atoms with Gasteiger partial charge in [0.25, 0.3) is 0 Å². The standard InChI is InChI=1S/C17H33NO/c1-4-18-13-15(11-14(2)3)12-16-7-10-17(19-16)8-5-6-9-17/h14-16,18H,4-13H2,1-3H3. The molecule has 1 saturated heterocycles. The van der Waals surface area contributed by atoms with Crippen molar-refractivity contribution in [3.05, 3.63) is 0 Å². The van der Waals surface area contributed by atoms with Crippen LogP contribution >= 0.6 is 0 Å². The average Bonchev–Trinajstić information content (AvgIpc) is 2.97. The van der Waals surface area contributed by atoms with E-state index in [1.54, 1.807) is 0 Å². The van der Waals surface area contributed by atoms with Crippen LogP contribution in [-0.2, 0) is 4.74 Å². The van der Waals surface area contributed by atoms with E-state index in [4.69, 9.17) is 4.74 Å². The molecule has 0 amide bonds. The van der Waals surface area contributed by atoms with Crippen LogP contribution in [0.5, 0.6) is 0 Å². The van der Waals surface area contributed by atoms with E-state index >= 15 is 0 Å². The molecule has 1 aliphatic heterocycles. The third-order valence-corrected chi connectivity index (χ3v) is 4.94. The molecule has 1 saturated carbocycles. The molecule has 0 aromatic heterocycles. The molecule has 112 valence electrons. The monoisotopic (exact) mass is 267 g/mol. The molecule has 1 N–H and O–H groups in total. The second-order valence-corrected chi connectivity index (χ2v) is 7.21. The second kappa shape index (κ2) is 7.08.